The second kappa shape index (κ2) is 1.53. The second-order valence-electron chi connectivity index (χ2n) is 5.32. The van der Waals surface area contributed by atoms with Crippen LogP contribution in [0.15, 0.2) is 0 Å². The van der Waals surface area contributed by atoms with E-state index in [1.54, 1.807) is 32.1 Å². The van der Waals surface area contributed by atoms with Crippen LogP contribution in [0.25, 0.3) is 0 Å². The van der Waals surface area contributed by atoms with Crippen molar-refractivity contribution < 1.29 is 0 Å². The molecule has 0 bridgehead atoms. The van der Waals surface area contributed by atoms with E-state index in [0.29, 0.717) is 0 Å². The van der Waals surface area contributed by atoms with E-state index in [-0.39, 0.29) is 0 Å². The zero-order chi connectivity index (χ0) is 7.00. The summed E-state index contributed by atoms with van der Waals surface area (Å²) in [5, 5.41) is 0. The van der Waals surface area contributed by atoms with Crippen molar-refractivity contribution in [2.45, 2.75) is 32.1 Å². The van der Waals surface area contributed by atoms with E-state index >= 15 is 0 Å². The second-order valence-corrected chi connectivity index (χ2v) is 5.32. The van der Waals surface area contributed by atoms with Crippen LogP contribution in [0, 0.1) is 35.5 Å². The van der Waals surface area contributed by atoms with E-state index in [1.165, 1.54) is 35.5 Å². The fourth-order valence-electron chi connectivity index (χ4n) is 4.97. The zero-order valence-corrected chi connectivity index (χ0v) is 7.00. The summed E-state index contributed by atoms with van der Waals surface area (Å²) >= 11 is 0. The molecule has 0 heteroatoms. The maximum Gasteiger partial charge on any atom is -0.0318 e. The Labute approximate surface area is 68.4 Å². The SMILES string of the molecule is C1CC2C(C1)[C@H]1C3CCC3C21. The molecule has 0 aliphatic heterocycles. The predicted octanol–water partition coefficient (Wildman–Crippen LogP) is 2.69. The highest BCUT2D eigenvalue weighted by Gasteiger charge is 2.68. The van der Waals surface area contributed by atoms with E-state index in [9.17, 15) is 0 Å². The summed E-state index contributed by atoms with van der Waals surface area (Å²) in [4.78, 5) is 0. The first-order valence-corrected chi connectivity index (χ1v) is 5.47. The lowest BCUT2D eigenvalue weighted by molar-refractivity contribution is -0.239. The van der Waals surface area contributed by atoms with Crippen molar-refractivity contribution in [3.8, 4) is 0 Å². The molecule has 4 saturated carbocycles. The molecule has 4 rings (SSSR count). The molecular weight excluding hydrogens is 132 g/mol. The van der Waals surface area contributed by atoms with Crippen molar-refractivity contribution in [1.82, 2.24) is 0 Å². The maximum atomic E-state index is 1.61. The molecule has 0 aromatic carbocycles. The van der Waals surface area contributed by atoms with Gasteiger partial charge in [-0.2, -0.15) is 0 Å². The average Bonchev–Trinajstić information content (AvgIpc) is 2.36. The lowest BCUT2D eigenvalue weighted by Gasteiger charge is -2.72. The van der Waals surface area contributed by atoms with Crippen molar-refractivity contribution in [1.29, 1.82) is 0 Å². The average molecular weight is 148 g/mol. The highest BCUT2D eigenvalue weighted by atomic mass is 14.7. The topological polar surface area (TPSA) is 0 Å². The number of hydrogen-bond acceptors (Lipinski definition) is 0. The predicted molar refractivity (Wildman–Crippen MR) is 44.0 cm³/mol. The molecule has 5 unspecified atom stereocenters. The van der Waals surface area contributed by atoms with Gasteiger partial charge in [-0.1, -0.05) is 6.42 Å². The molecular formula is C11H16. The minimum absolute atomic E-state index is 1.24. The Bertz CT molecular complexity index is 186. The molecule has 0 saturated heterocycles. The molecule has 4 aliphatic carbocycles. The van der Waals surface area contributed by atoms with E-state index in [0.717, 1.165) is 0 Å². The van der Waals surface area contributed by atoms with E-state index < -0.39 is 0 Å². The van der Waals surface area contributed by atoms with Crippen molar-refractivity contribution in [3.05, 3.63) is 0 Å². The quantitative estimate of drug-likeness (QED) is 0.495. The van der Waals surface area contributed by atoms with E-state index in [4.69, 9.17) is 0 Å². The summed E-state index contributed by atoms with van der Waals surface area (Å²) in [6, 6.07) is 0. The molecule has 0 spiro atoms. The summed E-state index contributed by atoms with van der Waals surface area (Å²) in [6.07, 6.45) is 8.00. The van der Waals surface area contributed by atoms with Gasteiger partial charge in [-0.3, -0.25) is 0 Å². The van der Waals surface area contributed by atoms with Gasteiger partial charge in [-0.15, -0.1) is 0 Å². The third kappa shape index (κ3) is 0.421. The molecule has 60 valence electrons. The van der Waals surface area contributed by atoms with Crippen LogP contribution in [0.5, 0.6) is 0 Å². The Hall–Kier alpha value is 0. The molecule has 0 heterocycles. The van der Waals surface area contributed by atoms with Crippen molar-refractivity contribution in [3.63, 3.8) is 0 Å². The molecule has 0 nitrogen and oxygen atoms in total. The van der Waals surface area contributed by atoms with Gasteiger partial charge in [0, 0.05) is 0 Å². The maximum absolute atomic E-state index is 1.61. The molecule has 0 N–H and O–H groups in total. The Balaban J connectivity index is 1.67. The Kier molecular flexibility index (Phi) is 0.781. The van der Waals surface area contributed by atoms with Crippen molar-refractivity contribution >= 4 is 0 Å². The van der Waals surface area contributed by atoms with Gasteiger partial charge >= 0.3 is 0 Å². The van der Waals surface area contributed by atoms with Gasteiger partial charge in [0.25, 0.3) is 0 Å². The lowest BCUT2D eigenvalue weighted by atomic mass is 9.33. The van der Waals surface area contributed by atoms with Gasteiger partial charge in [0.2, 0.25) is 0 Å². The fraction of sp³-hybridized carbons (Fsp3) is 1.00. The number of hydrogen-bond donors (Lipinski definition) is 0. The van der Waals surface area contributed by atoms with Crippen LogP contribution in [-0.4, -0.2) is 0 Å². The summed E-state index contributed by atoms with van der Waals surface area (Å²) < 4.78 is 0. The first-order valence-electron chi connectivity index (χ1n) is 5.47. The Morgan fingerprint density at radius 1 is 0.545 bits per heavy atom. The van der Waals surface area contributed by atoms with Crippen molar-refractivity contribution in [2.75, 3.05) is 0 Å². The molecule has 0 amide bonds. The van der Waals surface area contributed by atoms with Gasteiger partial charge < -0.3 is 0 Å². The third-order valence-electron chi connectivity index (χ3n) is 5.43. The van der Waals surface area contributed by atoms with Crippen LogP contribution in [-0.2, 0) is 0 Å². The van der Waals surface area contributed by atoms with Gasteiger partial charge in [0.05, 0.1) is 0 Å². The third-order valence-corrected chi connectivity index (χ3v) is 5.43. The summed E-state index contributed by atoms with van der Waals surface area (Å²) in [6.45, 7) is 0. The Morgan fingerprint density at radius 2 is 1.00 bits per heavy atom. The molecule has 0 aromatic rings. The van der Waals surface area contributed by atoms with Crippen LogP contribution < -0.4 is 0 Å². The minimum atomic E-state index is 1.24. The molecule has 6 atom stereocenters. The zero-order valence-electron chi connectivity index (χ0n) is 7.00. The van der Waals surface area contributed by atoms with E-state index in [2.05, 4.69) is 0 Å². The Morgan fingerprint density at radius 3 is 1.45 bits per heavy atom. The highest BCUT2D eigenvalue weighted by molar-refractivity contribution is 5.16. The minimum Gasteiger partial charge on any atom is -0.0527 e. The summed E-state index contributed by atoms with van der Waals surface area (Å²) in [7, 11) is 0. The molecule has 4 aliphatic rings. The molecule has 11 heavy (non-hydrogen) atoms. The van der Waals surface area contributed by atoms with Crippen LogP contribution >= 0.6 is 0 Å². The highest BCUT2D eigenvalue weighted by Crippen LogP contribution is 2.75. The molecule has 4 fully saturated rings. The number of fused-ring (bicyclic) bond motifs is 7. The van der Waals surface area contributed by atoms with Gasteiger partial charge in [0.15, 0.2) is 0 Å². The van der Waals surface area contributed by atoms with Gasteiger partial charge in [0.1, 0.15) is 0 Å². The van der Waals surface area contributed by atoms with Crippen molar-refractivity contribution in [2.24, 2.45) is 35.5 Å². The normalized spacial score (nSPS) is 69.8. The van der Waals surface area contributed by atoms with Gasteiger partial charge in [-0.25, -0.2) is 0 Å². The largest absolute Gasteiger partial charge is 0.0527 e. The monoisotopic (exact) mass is 148 g/mol. The van der Waals surface area contributed by atoms with Crippen LogP contribution in [0.3, 0.4) is 0 Å². The first kappa shape index (κ1) is 5.61. The number of rotatable bonds is 0. The van der Waals surface area contributed by atoms with E-state index in [1.807, 2.05) is 0 Å². The molecule has 0 radical (unpaired) electrons. The fourth-order valence-corrected chi connectivity index (χ4v) is 4.97. The van der Waals surface area contributed by atoms with Crippen LogP contribution in [0.1, 0.15) is 32.1 Å². The van der Waals surface area contributed by atoms with Crippen LogP contribution in [0.4, 0.5) is 0 Å². The summed E-state index contributed by atoms with van der Waals surface area (Å²) in [5.41, 5.74) is 0. The molecule has 0 aromatic heterocycles. The smallest absolute Gasteiger partial charge is 0.0318 e. The van der Waals surface area contributed by atoms with Crippen LogP contribution in [0.2, 0.25) is 0 Å². The standard InChI is InChI=1S/C11H16/c1-2-6-7(3-1)11-9-5-4-8(9)10(6)11/h6-11H,1-5H2/t6?,7?,8?,9?,10-,11?/m0/s1. The first-order chi connectivity index (χ1) is 5.47. The van der Waals surface area contributed by atoms with Gasteiger partial charge in [-0.05, 0) is 61.2 Å². The lowest BCUT2D eigenvalue weighted by Crippen LogP contribution is -2.66. The summed E-state index contributed by atoms with van der Waals surface area (Å²) in [5.74, 6) is 7.50.